The molecule has 6 nitrogen and oxygen atoms in total. The molecule has 0 aromatic carbocycles. The average Bonchev–Trinajstić information content (AvgIpc) is 2.90. The van der Waals surface area contributed by atoms with Crippen molar-refractivity contribution >= 4 is 0 Å². The fraction of sp³-hybridized carbons (Fsp3) is 0.583. The Bertz CT molecular complexity index is 484. The van der Waals surface area contributed by atoms with E-state index in [1.54, 1.807) is 6.33 Å². The quantitative estimate of drug-likeness (QED) is 0.821. The second-order valence-electron chi connectivity index (χ2n) is 4.93. The molecule has 0 atom stereocenters. The van der Waals surface area contributed by atoms with Crippen LogP contribution in [0.2, 0.25) is 0 Å². The molecular weight excluding hydrogens is 228 g/mol. The highest BCUT2D eigenvalue weighted by molar-refractivity contribution is 5.00. The van der Waals surface area contributed by atoms with Crippen molar-refractivity contribution in [3.05, 3.63) is 30.1 Å². The van der Waals surface area contributed by atoms with E-state index in [-0.39, 0.29) is 0 Å². The molecule has 98 valence electrons. The molecule has 0 unspecified atom stereocenters. The van der Waals surface area contributed by atoms with Gasteiger partial charge in [0.05, 0.1) is 36.7 Å². The molecule has 0 saturated carbocycles. The smallest absolute Gasteiger partial charge is 0.0964 e. The number of aromatic nitrogens is 5. The van der Waals surface area contributed by atoms with Gasteiger partial charge in [-0.05, 0) is 12.5 Å². The topological polar surface area (TPSA) is 60.6 Å². The fourth-order valence-corrected chi connectivity index (χ4v) is 1.69. The third-order valence-electron chi connectivity index (χ3n) is 2.69. The molecule has 0 aliphatic rings. The van der Waals surface area contributed by atoms with Gasteiger partial charge in [-0.3, -0.25) is 0 Å². The molecule has 0 fully saturated rings. The van der Waals surface area contributed by atoms with Crippen LogP contribution < -0.4 is 5.32 Å². The Morgan fingerprint density at radius 1 is 1.39 bits per heavy atom. The molecule has 2 aromatic rings. The summed E-state index contributed by atoms with van der Waals surface area (Å²) >= 11 is 0. The van der Waals surface area contributed by atoms with Gasteiger partial charge in [-0.1, -0.05) is 19.1 Å². The monoisotopic (exact) mass is 248 g/mol. The first kappa shape index (κ1) is 12.8. The van der Waals surface area contributed by atoms with Crippen LogP contribution in [0.25, 0.3) is 0 Å². The van der Waals surface area contributed by atoms with E-state index in [4.69, 9.17) is 0 Å². The molecule has 6 heteroatoms. The molecule has 2 heterocycles. The summed E-state index contributed by atoms with van der Waals surface area (Å²) in [4.78, 5) is 4.08. The summed E-state index contributed by atoms with van der Waals surface area (Å²) < 4.78 is 3.82. The number of imidazole rings is 1. The third-order valence-corrected chi connectivity index (χ3v) is 2.69. The van der Waals surface area contributed by atoms with Crippen molar-refractivity contribution in [2.45, 2.75) is 26.9 Å². The van der Waals surface area contributed by atoms with E-state index in [1.807, 2.05) is 28.7 Å². The van der Waals surface area contributed by atoms with E-state index < -0.39 is 0 Å². The standard InChI is InChI=1S/C12H20N6/c1-10(2)4-13-5-11-7-18(16-15-11)8-12-6-14-9-17(12)3/h6-7,9-10,13H,4-5,8H2,1-3H3. The van der Waals surface area contributed by atoms with Gasteiger partial charge in [0.15, 0.2) is 0 Å². The fourth-order valence-electron chi connectivity index (χ4n) is 1.69. The van der Waals surface area contributed by atoms with Crippen LogP contribution in [0.5, 0.6) is 0 Å². The minimum atomic E-state index is 0.648. The molecule has 1 N–H and O–H groups in total. The zero-order valence-corrected chi connectivity index (χ0v) is 11.2. The Balaban J connectivity index is 1.88. The van der Waals surface area contributed by atoms with E-state index in [0.29, 0.717) is 12.5 Å². The van der Waals surface area contributed by atoms with Crippen LogP contribution in [0.4, 0.5) is 0 Å². The number of hydrogen-bond donors (Lipinski definition) is 1. The Labute approximate surface area is 107 Å². The van der Waals surface area contributed by atoms with Gasteiger partial charge in [-0.25, -0.2) is 9.67 Å². The van der Waals surface area contributed by atoms with Gasteiger partial charge < -0.3 is 9.88 Å². The SMILES string of the molecule is CC(C)CNCc1cn(Cc2cncn2C)nn1. The van der Waals surface area contributed by atoms with Crippen molar-refractivity contribution < 1.29 is 0 Å². The lowest BCUT2D eigenvalue weighted by atomic mass is 10.2. The molecule has 0 spiro atoms. The average molecular weight is 248 g/mol. The van der Waals surface area contributed by atoms with Crippen molar-refractivity contribution in [2.24, 2.45) is 13.0 Å². The van der Waals surface area contributed by atoms with Crippen LogP contribution in [0.3, 0.4) is 0 Å². The summed E-state index contributed by atoms with van der Waals surface area (Å²) in [5.41, 5.74) is 2.08. The highest BCUT2D eigenvalue weighted by Gasteiger charge is 2.04. The maximum Gasteiger partial charge on any atom is 0.0964 e. The highest BCUT2D eigenvalue weighted by atomic mass is 15.4. The highest BCUT2D eigenvalue weighted by Crippen LogP contribution is 2.01. The molecule has 0 aliphatic heterocycles. The summed E-state index contributed by atoms with van der Waals surface area (Å²) in [5, 5.41) is 11.6. The van der Waals surface area contributed by atoms with Gasteiger partial charge in [0.25, 0.3) is 0 Å². The predicted octanol–water partition coefficient (Wildman–Crippen LogP) is 0.805. The molecular formula is C12H20N6. The van der Waals surface area contributed by atoms with Crippen LogP contribution in [0, 0.1) is 5.92 Å². The lowest BCUT2D eigenvalue weighted by molar-refractivity contribution is 0.548. The summed E-state index contributed by atoms with van der Waals surface area (Å²) in [5.74, 6) is 0.648. The number of nitrogens with one attached hydrogen (secondary N) is 1. The van der Waals surface area contributed by atoms with Gasteiger partial charge >= 0.3 is 0 Å². The first-order chi connectivity index (χ1) is 8.65. The van der Waals surface area contributed by atoms with Crippen molar-refractivity contribution in [1.82, 2.24) is 29.9 Å². The van der Waals surface area contributed by atoms with Crippen molar-refractivity contribution in [1.29, 1.82) is 0 Å². The molecule has 0 radical (unpaired) electrons. The van der Waals surface area contributed by atoms with E-state index in [0.717, 1.165) is 24.5 Å². The van der Waals surface area contributed by atoms with Crippen molar-refractivity contribution in [3.63, 3.8) is 0 Å². The Morgan fingerprint density at radius 3 is 2.89 bits per heavy atom. The lowest BCUT2D eigenvalue weighted by Crippen LogP contribution is -2.19. The normalized spacial score (nSPS) is 11.3. The molecule has 18 heavy (non-hydrogen) atoms. The van der Waals surface area contributed by atoms with Gasteiger partial charge in [-0.15, -0.1) is 5.10 Å². The molecule has 2 rings (SSSR count). The van der Waals surface area contributed by atoms with Crippen LogP contribution in [-0.4, -0.2) is 31.1 Å². The zero-order valence-electron chi connectivity index (χ0n) is 11.2. The van der Waals surface area contributed by atoms with E-state index in [9.17, 15) is 0 Å². The van der Waals surface area contributed by atoms with E-state index in [1.165, 1.54) is 0 Å². The molecule has 0 aliphatic carbocycles. The second kappa shape index (κ2) is 5.77. The lowest BCUT2D eigenvalue weighted by Gasteiger charge is -2.04. The number of aryl methyl sites for hydroxylation is 1. The van der Waals surface area contributed by atoms with Gasteiger partial charge in [0.2, 0.25) is 0 Å². The maximum atomic E-state index is 4.14. The van der Waals surface area contributed by atoms with Gasteiger partial charge in [0.1, 0.15) is 0 Å². The van der Waals surface area contributed by atoms with Crippen molar-refractivity contribution in [2.75, 3.05) is 6.54 Å². The van der Waals surface area contributed by atoms with Crippen LogP contribution in [0.1, 0.15) is 25.2 Å². The Kier molecular flexibility index (Phi) is 4.09. The molecule has 2 aromatic heterocycles. The maximum absolute atomic E-state index is 4.14. The number of nitrogens with zero attached hydrogens (tertiary/aromatic N) is 5. The largest absolute Gasteiger partial charge is 0.336 e. The van der Waals surface area contributed by atoms with Crippen LogP contribution >= 0.6 is 0 Å². The minimum absolute atomic E-state index is 0.648. The minimum Gasteiger partial charge on any atom is -0.336 e. The predicted molar refractivity (Wildman–Crippen MR) is 68.9 cm³/mol. The first-order valence-corrected chi connectivity index (χ1v) is 6.20. The Hall–Kier alpha value is -1.69. The molecule has 0 amide bonds. The summed E-state index contributed by atoms with van der Waals surface area (Å²) in [7, 11) is 1.98. The zero-order chi connectivity index (χ0) is 13.0. The van der Waals surface area contributed by atoms with Crippen LogP contribution in [-0.2, 0) is 20.1 Å². The van der Waals surface area contributed by atoms with E-state index >= 15 is 0 Å². The molecule has 0 bridgehead atoms. The second-order valence-corrected chi connectivity index (χ2v) is 4.93. The van der Waals surface area contributed by atoms with Crippen molar-refractivity contribution in [3.8, 4) is 0 Å². The summed E-state index contributed by atoms with van der Waals surface area (Å²) in [6.07, 6.45) is 5.61. The van der Waals surface area contributed by atoms with Crippen LogP contribution in [0.15, 0.2) is 18.7 Å². The third kappa shape index (κ3) is 3.40. The van der Waals surface area contributed by atoms with Gasteiger partial charge in [0, 0.05) is 13.6 Å². The molecule has 0 saturated heterocycles. The first-order valence-electron chi connectivity index (χ1n) is 6.20. The summed E-state index contributed by atoms with van der Waals surface area (Å²) in [6.45, 7) is 6.84. The van der Waals surface area contributed by atoms with Gasteiger partial charge in [-0.2, -0.15) is 0 Å². The van der Waals surface area contributed by atoms with E-state index in [2.05, 4.69) is 34.5 Å². The Morgan fingerprint density at radius 2 is 2.22 bits per heavy atom. The number of rotatable bonds is 6. The number of hydrogen-bond acceptors (Lipinski definition) is 4. The summed E-state index contributed by atoms with van der Waals surface area (Å²) in [6, 6.07) is 0.